The Balaban J connectivity index is 1.61. The van der Waals surface area contributed by atoms with Crippen LogP contribution in [0.25, 0.3) is 0 Å². The number of anilines is 3. The highest BCUT2D eigenvalue weighted by atomic mass is 32.2. The number of nitrogens with one attached hydrogen (secondary N) is 2. The summed E-state index contributed by atoms with van der Waals surface area (Å²) in [7, 11) is 0. The average molecular weight is 469 g/mol. The van der Waals surface area contributed by atoms with Crippen LogP contribution in [0.15, 0.2) is 46.8 Å². The van der Waals surface area contributed by atoms with Crippen molar-refractivity contribution in [3.05, 3.63) is 63.7 Å². The van der Waals surface area contributed by atoms with Gasteiger partial charge in [-0.05, 0) is 25.1 Å². The first-order chi connectivity index (χ1) is 14.6. The monoisotopic (exact) mass is 469 g/mol. The number of halogens is 3. The first-order valence-corrected chi connectivity index (χ1v) is 10.4. The molecule has 0 aliphatic carbocycles. The molecule has 1 aromatic heterocycles. The quantitative estimate of drug-likeness (QED) is 0.276. The van der Waals surface area contributed by atoms with Gasteiger partial charge in [-0.15, -0.1) is 10.2 Å². The van der Waals surface area contributed by atoms with Gasteiger partial charge in [0.25, 0.3) is 5.69 Å². The fraction of sp³-hybridized carbons (Fsp3) is 0.167. The molecule has 1 heterocycles. The summed E-state index contributed by atoms with van der Waals surface area (Å²) in [4.78, 5) is 21.9. The molecule has 3 rings (SSSR count). The summed E-state index contributed by atoms with van der Waals surface area (Å²) in [5.74, 6) is -0.930. The van der Waals surface area contributed by atoms with Gasteiger partial charge in [0.2, 0.25) is 11.0 Å². The number of aromatic nitrogens is 2. The summed E-state index contributed by atoms with van der Waals surface area (Å²) < 4.78 is 40.0. The Morgan fingerprint density at radius 2 is 1.90 bits per heavy atom. The Bertz CT molecular complexity index is 1100. The van der Waals surface area contributed by atoms with Gasteiger partial charge in [0, 0.05) is 17.8 Å². The number of alkyl halides is 3. The molecular formula is C18H14F3N5O3S2. The lowest BCUT2D eigenvalue weighted by Crippen LogP contribution is -2.18. The maximum atomic E-state index is 13.2. The minimum absolute atomic E-state index is 0.215. The number of thioether (sulfide) groups is 1. The number of hydrogen-bond acceptors (Lipinski definition) is 8. The van der Waals surface area contributed by atoms with E-state index in [0.29, 0.717) is 15.5 Å². The molecule has 0 saturated heterocycles. The van der Waals surface area contributed by atoms with E-state index in [-0.39, 0.29) is 5.75 Å². The number of hydrogen-bond donors (Lipinski definition) is 2. The first-order valence-electron chi connectivity index (χ1n) is 8.57. The highest BCUT2D eigenvalue weighted by Crippen LogP contribution is 2.37. The van der Waals surface area contributed by atoms with Crippen LogP contribution in [0.4, 0.5) is 35.4 Å². The SMILES string of the molecule is Cc1ccc(Nc2nnc(SCC(=O)Nc3ccc([N+](=O)[O-])cc3C(F)(F)F)s2)cc1. The largest absolute Gasteiger partial charge is 0.418 e. The lowest BCUT2D eigenvalue weighted by Gasteiger charge is -2.13. The van der Waals surface area contributed by atoms with Crippen LogP contribution < -0.4 is 10.6 Å². The van der Waals surface area contributed by atoms with Crippen molar-refractivity contribution in [1.29, 1.82) is 0 Å². The van der Waals surface area contributed by atoms with E-state index >= 15 is 0 Å². The molecule has 31 heavy (non-hydrogen) atoms. The van der Waals surface area contributed by atoms with Crippen LogP contribution in [0.2, 0.25) is 0 Å². The number of benzene rings is 2. The van der Waals surface area contributed by atoms with E-state index in [1.54, 1.807) is 0 Å². The third-order valence-electron chi connectivity index (χ3n) is 3.83. The Labute approximate surface area is 182 Å². The summed E-state index contributed by atoms with van der Waals surface area (Å²) >= 11 is 2.19. The van der Waals surface area contributed by atoms with Crippen LogP contribution in [0.5, 0.6) is 0 Å². The second kappa shape index (κ2) is 9.31. The van der Waals surface area contributed by atoms with Gasteiger partial charge in [-0.1, -0.05) is 40.8 Å². The van der Waals surface area contributed by atoms with Crippen molar-refractivity contribution in [3.63, 3.8) is 0 Å². The molecule has 0 aliphatic heterocycles. The number of aryl methyl sites for hydroxylation is 1. The topological polar surface area (TPSA) is 110 Å². The lowest BCUT2D eigenvalue weighted by atomic mass is 10.1. The zero-order valence-corrected chi connectivity index (χ0v) is 17.4. The first kappa shape index (κ1) is 22.5. The highest BCUT2D eigenvalue weighted by Gasteiger charge is 2.35. The predicted octanol–water partition coefficient (Wildman–Crippen LogP) is 5.25. The number of nitro benzene ring substituents is 1. The minimum atomic E-state index is -4.86. The van der Waals surface area contributed by atoms with Gasteiger partial charge < -0.3 is 10.6 Å². The van der Waals surface area contributed by atoms with Crippen molar-refractivity contribution < 1.29 is 22.9 Å². The molecule has 0 saturated carbocycles. The van der Waals surface area contributed by atoms with Crippen molar-refractivity contribution in [1.82, 2.24) is 10.2 Å². The normalized spacial score (nSPS) is 11.2. The summed E-state index contributed by atoms with van der Waals surface area (Å²) in [5, 5.41) is 24.3. The van der Waals surface area contributed by atoms with Gasteiger partial charge in [-0.2, -0.15) is 13.2 Å². The van der Waals surface area contributed by atoms with Crippen LogP contribution in [0, 0.1) is 17.0 Å². The smallest absolute Gasteiger partial charge is 0.330 e. The van der Waals surface area contributed by atoms with Crippen molar-refractivity contribution in [2.45, 2.75) is 17.4 Å². The van der Waals surface area contributed by atoms with Crippen LogP contribution in [0.1, 0.15) is 11.1 Å². The van der Waals surface area contributed by atoms with Crippen molar-refractivity contribution in [2.75, 3.05) is 16.4 Å². The zero-order chi connectivity index (χ0) is 22.6. The maximum Gasteiger partial charge on any atom is 0.418 e. The number of carbonyl (C=O) groups excluding carboxylic acids is 1. The number of nitro groups is 1. The summed E-state index contributed by atoms with van der Waals surface area (Å²) in [6.07, 6.45) is -4.86. The second-order valence-corrected chi connectivity index (χ2v) is 8.39. The van der Waals surface area contributed by atoms with Crippen molar-refractivity contribution in [2.24, 2.45) is 0 Å². The molecule has 0 aliphatic rings. The Kier molecular flexibility index (Phi) is 6.75. The van der Waals surface area contributed by atoms with E-state index in [1.165, 1.54) is 11.3 Å². The van der Waals surface area contributed by atoms with Crippen LogP contribution >= 0.6 is 23.1 Å². The molecule has 0 bridgehead atoms. The number of amides is 1. The second-order valence-electron chi connectivity index (χ2n) is 6.19. The fourth-order valence-electron chi connectivity index (χ4n) is 2.38. The molecule has 0 radical (unpaired) electrons. The standard InChI is InChI=1S/C18H14F3N5O3S2/c1-10-2-4-11(5-3-10)22-16-24-25-17(31-16)30-9-15(27)23-14-7-6-12(26(28)29)8-13(14)18(19,20)21/h2-8H,9H2,1H3,(H,22,24)(H,23,27). The molecule has 0 fully saturated rings. The number of nitrogens with zero attached hydrogens (tertiary/aromatic N) is 3. The summed E-state index contributed by atoms with van der Waals surface area (Å²) in [6, 6.07) is 9.74. The Morgan fingerprint density at radius 1 is 1.19 bits per heavy atom. The molecular weight excluding hydrogens is 455 g/mol. The third-order valence-corrected chi connectivity index (χ3v) is 5.80. The molecule has 2 N–H and O–H groups in total. The summed E-state index contributed by atoms with van der Waals surface area (Å²) in [6.45, 7) is 1.96. The minimum Gasteiger partial charge on any atom is -0.330 e. The van der Waals surface area contributed by atoms with E-state index in [0.717, 1.165) is 35.1 Å². The van der Waals surface area contributed by atoms with Gasteiger partial charge in [-0.3, -0.25) is 14.9 Å². The van der Waals surface area contributed by atoms with Crippen molar-refractivity contribution >= 4 is 51.2 Å². The van der Waals surface area contributed by atoms with Gasteiger partial charge in [0.05, 0.1) is 21.9 Å². The lowest BCUT2D eigenvalue weighted by molar-refractivity contribution is -0.385. The number of carbonyl (C=O) groups is 1. The van der Waals surface area contributed by atoms with Crippen LogP contribution in [-0.4, -0.2) is 26.8 Å². The number of non-ortho nitro benzene ring substituents is 1. The fourth-order valence-corrected chi connectivity index (χ4v) is 3.95. The van der Waals surface area contributed by atoms with Gasteiger partial charge >= 0.3 is 6.18 Å². The average Bonchev–Trinajstić information content (AvgIpc) is 3.15. The van der Waals surface area contributed by atoms with Gasteiger partial charge in [-0.25, -0.2) is 0 Å². The van der Waals surface area contributed by atoms with Gasteiger partial charge in [0.1, 0.15) is 0 Å². The molecule has 1 amide bonds. The van der Waals surface area contributed by atoms with E-state index in [2.05, 4.69) is 20.8 Å². The Hall–Kier alpha value is -3.19. The molecule has 3 aromatic rings. The Morgan fingerprint density at radius 3 is 2.55 bits per heavy atom. The van der Waals surface area contributed by atoms with E-state index in [1.807, 2.05) is 31.2 Å². The predicted molar refractivity (Wildman–Crippen MR) is 112 cm³/mol. The molecule has 0 unspecified atom stereocenters. The molecule has 162 valence electrons. The molecule has 13 heteroatoms. The molecule has 0 spiro atoms. The third kappa shape index (κ3) is 6.15. The molecule has 2 aromatic carbocycles. The molecule has 8 nitrogen and oxygen atoms in total. The number of rotatable bonds is 7. The molecule has 0 atom stereocenters. The van der Waals surface area contributed by atoms with Crippen LogP contribution in [-0.2, 0) is 11.0 Å². The van der Waals surface area contributed by atoms with E-state index < -0.39 is 33.9 Å². The summed E-state index contributed by atoms with van der Waals surface area (Å²) in [5.41, 5.74) is -0.647. The van der Waals surface area contributed by atoms with Crippen molar-refractivity contribution in [3.8, 4) is 0 Å². The van der Waals surface area contributed by atoms with Crippen LogP contribution in [0.3, 0.4) is 0 Å². The van der Waals surface area contributed by atoms with E-state index in [9.17, 15) is 28.1 Å². The van der Waals surface area contributed by atoms with E-state index in [4.69, 9.17) is 0 Å². The highest BCUT2D eigenvalue weighted by molar-refractivity contribution is 8.01. The van der Waals surface area contributed by atoms with Gasteiger partial charge in [0.15, 0.2) is 4.34 Å². The zero-order valence-electron chi connectivity index (χ0n) is 15.8. The maximum absolute atomic E-state index is 13.2.